The number of amides is 1. The van der Waals surface area contributed by atoms with E-state index in [0.717, 1.165) is 15.5 Å². The van der Waals surface area contributed by atoms with E-state index in [0.29, 0.717) is 24.5 Å². The van der Waals surface area contributed by atoms with E-state index in [9.17, 15) is 4.79 Å². The van der Waals surface area contributed by atoms with Crippen LogP contribution in [0.5, 0.6) is 5.88 Å². The predicted octanol–water partition coefficient (Wildman–Crippen LogP) is 2.62. The molecule has 1 N–H and O–H groups in total. The number of nitrogens with zero attached hydrogens (tertiary/aromatic N) is 3. The summed E-state index contributed by atoms with van der Waals surface area (Å²) in [5.74, 6) is 0.560. The first-order valence-corrected chi connectivity index (χ1v) is 7.99. The highest BCUT2D eigenvalue weighted by molar-refractivity contribution is 9.10. The highest BCUT2D eigenvalue weighted by atomic mass is 79.9. The molecule has 0 saturated carbocycles. The molecule has 1 saturated heterocycles. The SMILES string of the molecule is O=C(c1ccc2nc[nH]c2c1)N1CC(Oc2ncccc2Br)C1. The first kappa shape index (κ1) is 14.2. The van der Waals surface area contributed by atoms with E-state index in [2.05, 4.69) is 30.9 Å². The second-order valence-electron chi connectivity index (χ2n) is 5.37. The van der Waals surface area contributed by atoms with Crippen molar-refractivity contribution in [2.45, 2.75) is 6.10 Å². The van der Waals surface area contributed by atoms with Crippen LogP contribution in [0.2, 0.25) is 0 Å². The van der Waals surface area contributed by atoms with E-state index in [1.54, 1.807) is 23.5 Å². The molecule has 0 aliphatic carbocycles. The quantitative estimate of drug-likeness (QED) is 0.766. The molecule has 0 atom stereocenters. The summed E-state index contributed by atoms with van der Waals surface area (Å²) in [6, 6.07) is 9.18. The maximum atomic E-state index is 12.5. The molecule has 1 amide bonds. The van der Waals surface area contributed by atoms with Crippen LogP contribution in [0.25, 0.3) is 11.0 Å². The summed E-state index contributed by atoms with van der Waals surface area (Å²) in [5, 5.41) is 0. The fourth-order valence-electron chi connectivity index (χ4n) is 2.55. The Morgan fingerprint density at radius 1 is 1.30 bits per heavy atom. The highest BCUT2D eigenvalue weighted by Crippen LogP contribution is 2.25. The molecule has 0 bridgehead atoms. The van der Waals surface area contributed by atoms with Gasteiger partial charge in [-0.25, -0.2) is 9.97 Å². The van der Waals surface area contributed by atoms with Crippen LogP contribution in [0.3, 0.4) is 0 Å². The number of pyridine rings is 1. The lowest BCUT2D eigenvalue weighted by Gasteiger charge is -2.38. The Bertz CT molecular complexity index is 873. The minimum Gasteiger partial charge on any atom is -0.470 e. The van der Waals surface area contributed by atoms with Crippen LogP contribution < -0.4 is 4.74 Å². The third-order valence-electron chi connectivity index (χ3n) is 3.81. The van der Waals surface area contributed by atoms with Gasteiger partial charge in [-0.15, -0.1) is 0 Å². The van der Waals surface area contributed by atoms with E-state index in [4.69, 9.17) is 4.74 Å². The number of aromatic nitrogens is 3. The van der Waals surface area contributed by atoms with Crippen LogP contribution in [0, 0.1) is 0 Å². The fourth-order valence-corrected chi connectivity index (χ4v) is 2.89. The number of nitrogens with one attached hydrogen (secondary N) is 1. The average Bonchev–Trinajstić information content (AvgIpc) is 2.99. The normalized spacial score (nSPS) is 14.7. The second-order valence-corrected chi connectivity index (χ2v) is 6.23. The number of carbonyl (C=O) groups excluding carboxylic acids is 1. The molecule has 0 spiro atoms. The lowest BCUT2D eigenvalue weighted by molar-refractivity contribution is 0.0157. The lowest BCUT2D eigenvalue weighted by atomic mass is 10.1. The monoisotopic (exact) mass is 372 g/mol. The Kier molecular flexibility index (Phi) is 3.49. The molecule has 1 aliphatic heterocycles. The molecule has 1 fully saturated rings. The van der Waals surface area contributed by atoms with Gasteiger partial charge in [-0.3, -0.25) is 4.79 Å². The standard InChI is InChI=1S/C16H13BrN4O2/c17-12-2-1-5-18-15(12)23-11-7-21(8-11)16(22)10-3-4-13-14(6-10)20-9-19-13/h1-6,9,11H,7-8H2,(H,19,20). The zero-order valence-electron chi connectivity index (χ0n) is 12.1. The summed E-state index contributed by atoms with van der Waals surface area (Å²) >= 11 is 3.40. The Balaban J connectivity index is 1.41. The predicted molar refractivity (Wildman–Crippen MR) is 88.4 cm³/mol. The van der Waals surface area contributed by atoms with Crippen molar-refractivity contribution in [2.24, 2.45) is 0 Å². The van der Waals surface area contributed by atoms with Gasteiger partial charge in [0.1, 0.15) is 6.10 Å². The summed E-state index contributed by atoms with van der Waals surface area (Å²) in [6.45, 7) is 1.12. The van der Waals surface area contributed by atoms with Crippen molar-refractivity contribution >= 4 is 32.9 Å². The Labute approximate surface area is 140 Å². The van der Waals surface area contributed by atoms with E-state index in [-0.39, 0.29) is 12.0 Å². The molecular formula is C16H13BrN4O2. The number of halogens is 1. The number of carbonyl (C=O) groups is 1. The third-order valence-corrected chi connectivity index (χ3v) is 4.41. The average molecular weight is 373 g/mol. The second kappa shape index (κ2) is 5.66. The van der Waals surface area contributed by atoms with E-state index >= 15 is 0 Å². The number of likely N-dealkylation sites (tertiary alicyclic amines) is 1. The Hall–Kier alpha value is -2.41. The maximum absolute atomic E-state index is 12.5. The van der Waals surface area contributed by atoms with Gasteiger partial charge in [0.05, 0.1) is 34.9 Å². The van der Waals surface area contributed by atoms with Gasteiger partial charge in [-0.1, -0.05) is 0 Å². The molecule has 4 rings (SSSR count). The van der Waals surface area contributed by atoms with Crippen molar-refractivity contribution in [2.75, 3.05) is 13.1 Å². The van der Waals surface area contributed by atoms with Gasteiger partial charge in [-0.05, 0) is 46.3 Å². The lowest BCUT2D eigenvalue weighted by Crippen LogP contribution is -2.56. The van der Waals surface area contributed by atoms with Gasteiger partial charge < -0.3 is 14.6 Å². The van der Waals surface area contributed by atoms with Crippen LogP contribution in [0.15, 0.2) is 47.3 Å². The molecule has 0 radical (unpaired) electrons. The van der Waals surface area contributed by atoms with Crippen LogP contribution >= 0.6 is 15.9 Å². The summed E-state index contributed by atoms with van der Waals surface area (Å²) in [5.41, 5.74) is 2.37. The highest BCUT2D eigenvalue weighted by Gasteiger charge is 2.33. The number of ether oxygens (including phenoxy) is 1. The number of benzene rings is 1. The number of H-pyrrole nitrogens is 1. The number of fused-ring (bicyclic) bond motifs is 1. The Morgan fingerprint density at radius 3 is 3.00 bits per heavy atom. The van der Waals surface area contributed by atoms with E-state index in [1.807, 2.05) is 24.3 Å². The molecule has 2 aromatic heterocycles. The van der Waals surface area contributed by atoms with Gasteiger partial charge in [0, 0.05) is 11.8 Å². The topological polar surface area (TPSA) is 71.1 Å². The zero-order valence-corrected chi connectivity index (χ0v) is 13.7. The summed E-state index contributed by atoms with van der Waals surface area (Å²) in [4.78, 5) is 25.6. The van der Waals surface area contributed by atoms with Gasteiger partial charge in [0.25, 0.3) is 5.91 Å². The largest absolute Gasteiger partial charge is 0.470 e. The van der Waals surface area contributed by atoms with Crippen molar-refractivity contribution < 1.29 is 9.53 Å². The summed E-state index contributed by atoms with van der Waals surface area (Å²) in [6.07, 6.45) is 3.28. The molecule has 1 aliphatic rings. The van der Waals surface area contributed by atoms with Crippen LogP contribution in [0.4, 0.5) is 0 Å². The number of imidazole rings is 1. The molecule has 1 aromatic carbocycles. The molecule has 3 heterocycles. The molecule has 0 unspecified atom stereocenters. The molecular weight excluding hydrogens is 360 g/mol. The van der Waals surface area contributed by atoms with Gasteiger partial charge >= 0.3 is 0 Å². The van der Waals surface area contributed by atoms with Crippen molar-refractivity contribution in [1.29, 1.82) is 0 Å². The van der Waals surface area contributed by atoms with Gasteiger partial charge in [0.2, 0.25) is 5.88 Å². The molecule has 116 valence electrons. The molecule has 23 heavy (non-hydrogen) atoms. The summed E-state index contributed by atoms with van der Waals surface area (Å²) in [7, 11) is 0. The van der Waals surface area contributed by atoms with Crippen molar-refractivity contribution in [1.82, 2.24) is 19.9 Å². The minimum atomic E-state index is -0.0268. The van der Waals surface area contributed by atoms with Crippen LogP contribution in [0.1, 0.15) is 10.4 Å². The number of hydrogen-bond acceptors (Lipinski definition) is 4. The summed E-state index contributed by atoms with van der Waals surface area (Å²) < 4.78 is 6.60. The van der Waals surface area contributed by atoms with Crippen molar-refractivity contribution in [3.05, 3.63) is 52.9 Å². The van der Waals surface area contributed by atoms with E-state index < -0.39 is 0 Å². The smallest absolute Gasteiger partial charge is 0.254 e. The van der Waals surface area contributed by atoms with Crippen molar-refractivity contribution in [3.8, 4) is 5.88 Å². The van der Waals surface area contributed by atoms with Crippen LogP contribution in [-0.4, -0.2) is 45.0 Å². The maximum Gasteiger partial charge on any atom is 0.254 e. The first-order valence-electron chi connectivity index (χ1n) is 7.20. The van der Waals surface area contributed by atoms with Crippen molar-refractivity contribution in [3.63, 3.8) is 0 Å². The van der Waals surface area contributed by atoms with Gasteiger partial charge in [-0.2, -0.15) is 0 Å². The number of hydrogen-bond donors (Lipinski definition) is 1. The molecule has 3 aromatic rings. The molecule has 6 nitrogen and oxygen atoms in total. The number of aromatic amines is 1. The fraction of sp³-hybridized carbons (Fsp3) is 0.188. The molecule has 7 heteroatoms. The van der Waals surface area contributed by atoms with Crippen LogP contribution in [-0.2, 0) is 0 Å². The Morgan fingerprint density at radius 2 is 2.17 bits per heavy atom. The first-order chi connectivity index (χ1) is 11.2. The minimum absolute atomic E-state index is 0.00133. The van der Waals surface area contributed by atoms with Gasteiger partial charge in [0.15, 0.2) is 0 Å². The zero-order chi connectivity index (χ0) is 15.8. The third kappa shape index (κ3) is 2.68. The van der Waals surface area contributed by atoms with E-state index in [1.165, 1.54) is 0 Å². The number of rotatable bonds is 3.